The number of carbonyl (C=O) groups is 3. The van der Waals surface area contributed by atoms with Gasteiger partial charge in [-0.15, -0.1) is 0 Å². The average molecular weight is 581 g/mol. The van der Waals surface area contributed by atoms with Crippen LogP contribution < -0.4 is 11.2 Å². The molecule has 2 amide bonds. The molecule has 4 aromatic rings. The van der Waals surface area contributed by atoms with Crippen LogP contribution in [-0.2, 0) is 4.74 Å². The van der Waals surface area contributed by atoms with Gasteiger partial charge in [-0.2, -0.15) is 0 Å². The number of amides is 2. The smallest absolute Gasteiger partial charge is 0.410 e. The van der Waals surface area contributed by atoms with E-state index in [1.807, 2.05) is 63.2 Å². The topological polar surface area (TPSA) is 132 Å². The summed E-state index contributed by atoms with van der Waals surface area (Å²) in [7, 11) is 0. The number of benzene rings is 2. The molecule has 10 nitrogen and oxygen atoms in total. The van der Waals surface area contributed by atoms with Crippen molar-refractivity contribution < 1.29 is 19.1 Å². The molecule has 43 heavy (non-hydrogen) atoms. The molecule has 0 spiro atoms. The molecule has 0 unspecified atom stereocenters. The number of hydrogen-bond donors (Lipinski definition) is 2. The number of nitrogen functional groups attached to an aromatic ring is 1. The van der Waals surface area contributed by atoms with Gasteiger partial charge in [-0.25, -0.2) is 19.4 Å². The SMILES string of the molecule is CC(=O)c1c(-c2ccc(C(=O)Nc3cc(-c4ccccc4)ccn3)cc2)nc([C@@H]2CCCCN2C(=O)OC(C)(C)C)n1N. The Labute approximate surface area is 250 Å². The van der Waals surface area contributed by atoms with Crippen molar-refractivity contribution in [1.82, 2.24) is 19.5 Å². The van der Waals surface area contributed by atoms with Gasteiger partial charge in [0.25, 0.3) is 5.91 Å². The van der Waals surface area contributed by atoms with E-state index in [1.165, 1.54) is 11.6 Å². The molecule has 222 valence electrons. The van der Waals surface area contributed by atoms with Gasteiger partial charge in [-0.05, 0) is 75.4 Å². The summed E-state index contributed by atoms with van der Waals surface area (Å²) in [6.45, 7) is 7.40. The predicted molar refractivity (Wildman–Crippen MR) is 165 cm³/mol. The summed E-state index contributed by atoms with van der Waals surface area (Å²) in [5, 5.41) is 2.85. The van der Waals surface area contributed by atoms with Crippen molar-refractivity contribution in [3.63, 3.8) is 0 Å². The molecular weight excluding hydrogens is 544 g/mol. The number of hydrogen-bond acceptors (Lipinski definition) is 7. The van der Waals surface area contributed by atoms with Gasteiger partial charge in [-0.3, -0.25) is 14.5 Å². The Kier molecular flexibility index (Phi) is 8.29. The fourth-order valence-corrected chi connectivity index (χ4v) is 5.24. The van der Waals surface area contributed by atoms with Gasteiger partial charge in [0.2, 0.25) is 0 Å². The normalized spacial score (nSPS) is 15.2. The van der Waals surface area contributed by atoms with Crippen LogP contribution in [0.15, 0.2) is 72.9 Å². The van der Waals surface area contributed by atoms with Crippen molar-refractivity contribution in [2.75, 3.05) is 17.7 Å². The first-order chi connectivity index (χ1) is 20.5. The largest absolute Gasteiger partial charge is 0.444 e. The number of rotatable bonds is 6. The van der Waals surface area contributed by atoms with Gasteiger partial charge in [0.05, 0.1) is 6.04 Å². The number of Topliss-reactive ketones (excluding diaryl/α,β-unsaturated/α-hetero) is 1. The number of anilines is 1. The fraction of sp³-hybridized carbons (Fsp3) is 0.303. The minimum absolute atomic E-state index is 0.226. The Morgan fingerprint density at radius 3 is 2.35 bits per heavy atom. The molecule has 2 aromatic heterocycles. The van der Waals surface area contributed by atoms with Gasteiger partial charge >= 0.3 is 6.09 Å². The molecule has 0 aliphatic carbocycles. The van der Waals surface area contributed by atoms with E-state index >= 15 is 0 Å². The minimum Gasteiger partial charge on any atom is -0.444 e. The van der Waals surface area contributed by atoms with E-state index in [4.69, 9.17) is 15.6 Å². The van der Waals surface area contributed by atoms with Crippen molar-refractivity contribution in [2.45, 2.75) is 58.6 Å². The summed E-state index contributed by atoms with van der Waals surface area (Å²) in [6, 6.07) is 19.9. The molecule has 10 heteroatoms. The first kappa shape index (κ1) is 29.5. The van der Waals surface area contributed by atoms with E-state index in [1.54, 1.807) is 35.4 Å². The lowest BCUT2D eigenvalue weighted by molar-refractivity contribution is 0.00821. The fourth-order valence-electron chi connectivity index (χ4n) is 5.24. The van der Waals surface area contributed by atoms with Crippen LogP contribution in [-0.4, -0.2) is 49.5 Å². The molecule has 3 heterocycles. The number of aromatic nitrogens is 3. The van der Waals surface area contributed by atoms with E-state index in [-0.39, 0.29) is 17.4 Å². The average Bonchev–Trinajstić information content (AvgIpc) is 3.34. The van der Waals surface area contributed by atoms with Crippen molar-refractivity contribution in [1.29, 1.82) is 0 Å². The Bertz CT molecular complexity index is 1640. The van der Waals surface area contributed by atoms with Crippen LogP contribution in [0.25, 0.3) is 22.4 Å². The van der Waals surface area contributed by atoms with Gasteiger partial charge < -0.3 is 15.9 Å². The monoisotopic (exact) mass is 580 g/mol. The Morgan fingerprint density at radius 1 is 0.953 bits per heavy atom. The third kappa shape index (κ3) is 6.58. The van der Waals surface area contributed by atoms with Crippen molar-refractivity contribution >= 4 is 23.6 Å². The van der Waals surface area contributed by atoms with Gasteiger partial charge in [0, 0.05) is 30.8 Å². The second-order valence-corrected chi connectivity index (χ2v) is 11.6. The number of ether oxygens (including phenoxy) is 1. The highest BCUT2D eigenvalue weighted by atomic mass is 16.6. The highest BCUT2D eigenvalue weighted by molar-refractivity contribution is 6.04. The first-order valence-corrected chi connectivity index (χ1v) is 14.3. The van der Waals surface area contributed by atoms with E-state index in [0.717, 1.165) is 24.0 Å². The number of ketones is 1. The van der Waals surface area contributed by atoms with Crippen LogP contribution >= 0.6 is 0 Å². The highest BCUT2D eigenvalue weighted by Gasteiger charge is 2.36. The quantitative estimate of drug-likeness (QED) is 0.204. The number of nitrogens with zero attached hydrogens (tertiary/aromatic N) is 4. The van der Waals surface area contributed by atoms with E-state index < -0.39 is 17.7 Å². The molecule has 0 saturated carbocycles. The van der Waals surface area contributed by atoms with Crippen LogP contribution in [0.2, 0.25) is 0 Å². The second kappa shape index (κ2) is 12.1. The van der Waals surface area contributed by atoms with Crippen LogP contribution in [0.4, 0.5) is 10.6 Å². The van der Waals surface area contributed by atoms with Gasteiger partial charge in [0.1, 0.15) is 22.8 Å². The number of nitrogens with one attached hydrogen (secondary N) is 1. The minimum atomic E-state index is -0.651. The number of likely N-dealkylation sites (tertiary alicyclic amines) is 1. The maximum Gasteiger partial charge on any atom is 0.410 e. The number of imidazole rings is 1. The lowest BCUT2D eigenvalue weighted by Crippen LogP contribution is -2.43. The third-order valence-corrected chi connectivity index (χ3v) is 7.23. The van der Waals surface area contributed by atoms with Crippen molar-refractivity contribution in [2.24, 2.45) is 0 Å². The summed E-state index contributed by atoms with van der Waals surface area (Å²) >= 11 is 0. The van der Waals surface area contributed by atoms with Gasteiger partial charge in [0.15, 0.2) is 11.6 Å². The molecule has 1 atom stereocenters. The number of nitrogens with two attached hydrogens (primary N) is 1. The van der Waals surface area contributed by atoms with Crippen molar-refractivity contribution in [3.8, 4) is 22.4 Å². The Hall–Kier alpha value is -4.99. The first-order valence-electron chi connectivity index (χ1n) is 14.3. The van der Waals surface area contributed by atoms with Crippen LogP contribution in [0.5, 0.6) is 0 Å². The predicted octanol–water partition coefficient (Wildman–Crippen LogP) is 6.24. The lowest BCUT2D eigenvalue weighted by atomic mass is 10.0. The maximum absolute atomic E-state index is 13.1. The summed E-state index contributed by atoms with van der Waals surface area (Å²) in [4.78, 5) is 49.6. The Morgan fingerprint density at radius 2 is 1.67 bits per heavy atom. The zero-order valence-electron chi connectivity index (χ0n) is 24.8. The summed E-state index contributed by atoms with van der Waals surface area (Å²) in [5.74, 6) is 6.73. The van der Waals surface area contributed by atoms with Crippen LogP contribution in [0, 0.1) is 0 Å². The number of piperidine rings is 1. The van der Waals surface area contributed by atoms with E-state index in [0.29, 0.717) is 41.4 Å². The summed E-state index contributed by atoms with van der Waals surface area (Å²) < 4.78 is 6.93. The molecule has 1 aliphatic heterocycles. The summed E-state index contributed by atoms with van der Waals surface area (Å²) in [5.41, 5.74) is 2.96. The maximum atomic E-state index is 13.1. The summed E-state index contributed by atoms with van der Waals surface area (Å²) in [6.07, 6.45) is 3.58. The molecule has 0 radical (unpaired) electrons. The molecule has 0 bridgehead atoms. The van der Waals surface area contributed by atoms with Gasteiger partial charge in [-0.1, -0.05) is 42.5 Å². The molecule has 1 saturated heterocycles. The Balaban J connectivity index is 1.39. The van der Waals surface area contributed by atoms with E-state index in [2.05, 4.69) is 10.3 Å². The van der Waals surface area contributed by atoms with E-state index in [9.17, 15) is 14.4 Å². The molecule has 2 aromatic carbocycles. The molecule has 1 aliphatic rings. The molecule has 5 rings (SSSR count). The zero-order chi connectivity index (χ0) is 30.7. The number of pyridine rings is 1. The standard InChI is InChI=1S/C33H36N6O4/c1-21(40)29-28(37-30(39(29)34)26-12-8-9-19-38(26)32(42)43-33(2,3)4)23-13-15-24(16-14-23)31(41)36-27-20-25(17-18-35-27)22-10-6-5-7-11-22/h5-7,10-11,13-18,20,26H,8-9,12,19,34H2,1-4H3,(H,35,36,41)/t26-/m0/s1. The molecule has 1 fully saturated rings. The molecule has 3 N–H and O–H groups in total. The number of carbonyl (C=O) groups excluding carboxylic acids is 3. The zero-order valence-corrected chi connectivity index (χ0v) is 24.8. The lowest BCUT2D eigenvalue weighted by Gasteiger charge is -2.36. The van der Waals surface area contributed by atoms with Crippen LogP contribution in [0.3, 0.4) is 0 Å². The van der Waals surface area contributed by atoms with Crippen LogP contribution in [0.1, 0.15) is 79.7 Å². The molecular formula is C33H36N6O4. The second-order valence-electron chi connectivity index (χ2n) is 11.6. The third-order valence-electron chi connectivity index (χ3n) is 7.23. The van der Waals surface area contributed by atoms with Crippen molar-refractivity contribution in [3.05, 3.63) is 90.0 Å². The highest BCUT2D eigenvalue weighted by Crippen LogP contribution is 2.34.